The number of fused-ring (bicyclic) bond motifs is 2. The molecule has 1 aliphatic heterocycles. The molecule has 0 radical (unpaired) electrons. The molecule has 210 valence electrons. The summed E-state index contributed by atoms with van der Waals surface area (Å²) in [5.74, 6) is 1.16. The van der Waals surface area contributed by atoms with Gasteiger partial charge < -0.3 is 19.9 Å². The van der Waals surface area contributed by atoms with Gasteiger partial charge in [-0.15, -0.1) is 0 Å². The van der Waals surface area contributed by atoms with Crippen molar-refractivity contribution in [3.8, 4) is 5.69 Å². The van der Waals surface area contributed by atoms with Crippen LogP contribution in [0.4, 0.5) is 22.2 Å². The van der Waals surface area contributed by atoms with E-state index >= 15 is 0 Å². The van der Waals surface area contributed by atoms with Gasteiger partial charge in [0.25, 0.3) is 5.56 Å². The maximum atomic E-state index is 13.3. The zero-order chi connectivity index (χ0) is 28.8. The van der Waals surface area contributed by atoms with Crippen molar-refractivity contribution in [3.05, 3.63) is 64.2 Å². The van der Waals surface area contributed by atoms with E-state index in [9.17, 15) is 9.59 Å². The molecule has 0 spiro atoms. The first-order valence-electron chi connectivity index (χ1n) is 13.4. The van der Waals surface area contributed by atoms with Crippen LogP contribution in [0.2, 0.25) is 0 Å². The average molecular weight is 545 g/mol. The highest BCUT2D eigenvalue weighted by molar-refractivity contribution is 5.77. The van der Waals surface area contributed by atoms with E-state index in [2.05, 4.69) is 21.4 Å². The van der Waals surface area contributed by atoms with Gasteiger partial charge in [0, 0.05) is 57.4 Å². The normalized spacial score (nSPS) is 13.4. The number of anilines is 3. The zero-order valence-corrected chi connectivity index (χ0v) is 24.1. The van der Waals surface area contributed by atoms with Gasteiger partial charge in [-0.05, 0) is 70.4 Å². The van der Waals surface area contributed by atoms with E-state index in [0.717, 1.165) is 34.7 Å². The topological polar surface area (TPSA) is 110 Å². The molecule has 0 fully saturated rings. The zero-order valence-electron chi connectivity index (χ0n) is 24.1. The third kappa shape index (κ3) is 5.36. The molecule has 4 heterocycles. The van der Waals surface area contributed by atoms with Crippen molar-refractivity contribution in [2.75, 3.05) is 30.9 Å². The molecule has 0 saturated heterocycles. The SMILES string of the molecule is CC(C)n1c(=O)c2cnc(Nc3ccc4c(c3)CCN(C(=O)OC(C)(C)C)C4)nc2n1-c1ccnc(N(C)C)c1. The van der Waals surface area contributed by atoms with Crippen molar-refractivity contribution < 1.29 is 9.53 Å². The number of aromatic nitrogens is 5. The highest BCUT2D eigenvalue weighted by Crippen LogP contribution is 2.26. The highest BCUT2D eigenvalue weighted by atomic mass is 16.6. The molecule has 4 aromatic rings. The number of carbonyl (C=O) groups is 1. The smallest absolute Gasteiger partial charge is 0.410 e. The van der Waals surface area contributed by atoms with Crippen molar-refractivity contribution in [2.24, 2.45) is 0 Å². The van der Waals surface area contributed by atoms with E-state index in [4.69, 9.17) is 9.72 Å². The molecule has 0 atom stereocenters. The second-order valence-electron chi connectivity index (χ2n) is 11.5. The van der Waals surface area contributed by atoms with Crippen molar-refractivity contribution in [3.63, 3.8) is 0 Å². The van der Waals surface area contributed by atoms with Gasteiger partial charge in [0.1, 0.15) is 16.8 Å². The summed E-state index contributed by atoms with van der Waals surface area (Å²) in [5.41, 5.74) is 3.69. The molecule has 5 rings (SSSR count). The van der Waals surface area contributed by atoms with Crippen LogP contribution in [0.3, 0.4) is 0 Å². The predicted octanol–water partition coefficient (Wildman–Crippen LogP) is 4.66. The fraction of sp³-hybridized carbons (Fsp3) is 0.414. The van der Waals surface area contributed by atoms with Crippen LogP contribution >= 0.6 is 0 Å². The van der Waals surface area contributed by atoms with Crippen molar-refractivity contribution in [2.45, 2.75) is 59.2 Å². The van der Waals surface area contributed by atoms with Crippen LogP contribution in [0.15, 0.2) is 47.5 Å². The monoisotopic (exact) mass is 544 g/mol. The molecular formula is C29H36N8O3. The van der Waals surface area contributed by atoms with Crippen LogP contribution in [0.1, 0.15) is 51.8 Å². The quantitative estimate of drug-likeness (QED) is 0.386. The summed E-state index contributed by atoms with van der Waals surface area (Å²) in [6.45, 7) is 10.6. The van der Waals surface area contributed by atoms with Crippen molar-refractivity contribution in [1.29, 1.82) is 0 Å². The Morgan fingerprint density at radius 3 is 2.58 bits per heavy atom. The number of hydrogen-bond acceptors (Lipinski definition) is 8. The molecule has 0 aliphatic carbocycles. The lowest BCUT2D eigenvalue weighted by Gasteiger charge is -2.31. The molecule has 11 heteroatoms. The number of benzene rings is 1. The number of carbonyl (C=O) groups excluding carboxylic acids is 1. The molecule has 1 aromatic carbocycles. The minimum Gasteiger partial charge on any atom is -0.444 e. The number of rotatable bonds is 5. The summed E-state index contributed by atoms with van der Waals surface area (Å²) in [7, 11) is 3.85. The first-order valence-corrected chi connectivity index (χ1v) is 13.4. The van der Waals surface area contributed by atoms with Gasteiger partial charge in [0.15, 0.2) is 5.65 Å². The number of hydrogen-bond donors (Lipinski definition) is 1. The number of nitrogens with zero attached hydrogens (tertiary/aromatic N) is 7. The van der Waals surface area contributed by atoms with E-state index in [-0.39, 0.29) is 17.7 Å². The Hall–Kier alpha value is -4.41. The van der Waals surface area contributed by atoms with Gasteiger partial charge in [0.2, 0.25) is 5.95 Å². The van der Waals surface area contributed by atoms with Gasteiger partial charge in [-0.2, -0.15) is 4.98 Å². The van der Waals surface area contributed by atoms with Crippen molar-refractivity contribution in [1.82, 2.24) is 29.2 Å². The van der Waals surface area contributed by atoms with E-state index in [1.165, 1.54) is 0 Å². The van der Waals surface area contributed by atoms with Gasteiger partial charge >= 0.3 is 6.09 Å². The maximum Gasteiger partial charge on any atom is 0.410 e. The van der Waals surface area contributed by atoms with Crippen LogP contribution < -0.4 is 15.8 Å². The standard InChI is InChI=1S/C29H36N8O3/c1-18(2)36-26(38)23-16-31-27(33-25(23)37(36)22-10-12-30-24(15-22)34(6)7)32-21-9-8-20-17-35(13-11-19(20)14-21)28(39)40-29(3,4)5/h8-10,12,14-16,18H,11,13,17H2,1-7H3,(H,31,32,33). The number of ether oxygens (including phenoxy) is 1. The average Bonchev–Trinajstić information content (AvgIpc) is 3.19. The Bertz CT molecular complexity index is 1630. The first kappa shape index (κ1) is 27.2. The van der Waals surface area contributed by atoms with Crippen LogP contribution in [0.5, 0.6) is 0 Å². The molecule has 0 unspecified atom stereocenters. The maximum absolute atomic E-state index is 13.3. The summed E-state index contributed by atoms with van der Waals surface area (Å²) >= 11 is 0. The molecule has 1 aliphatic rings. The lowest BCUT2D eigenvalue weighted by molar-refractivity contribution is 0.0224. The number of pyridine rings is 1. The van der Waals surface area contributed by atoms with Crippen LogP contribution in [0, 0.1) is 0 Å². The van der Waals surface area contributed by atoms with Gasteiger partial charge in [-0.3, -0.25) is 4.79 Å². The second kappa shape index (κ2) is 10.3. The molecule has 0 bridgehead atoms. The Morgan fingerprint density at radius 1 is 1.10 bits per heavy atom. The van der Waals surface area contributed by atoms with E-state index < -0.39 is 5.60 Å². The Balaban J connectivity index is 1.46. The Labute approximate surface area is 233 Å². The lowest BCUT2D eigenvalue weighted by atomic mass is 9.99. The fourth-order valence-corrected chi connectivity index (χ4v) is 4.80. The fourth-order valence-electron chi connectivity index (χ4n) is 4.80. The van der Waals surface area contributed by atoms with Crippen LogP contribution in [-0.2, 0) is 17.7 Å². The minimum atomic E-state index is -0.528. The molecule has 11 nitrogen and oxygen atoms in total. The summed E-state index contributed by atoms with van der Waals surface area (Å²) in [6.07, 6.45) is 3.72. The minimum absolute atomic E-state index is 0.102. The van der Waals surface area contributed by atoms with Crippen LogP contribution in [0.25, 0.3) is 16.7 Å². The van der Waals surface area contributed by atoms with Gasteiger partial charge in [-0.1, -0.05) is 6.07 Å². The van der Waals surface area contributed by atoms with E-state index in [1.54, 1.807) is 22.0 Å². The largest absolute Gasteiger partial charge is 0.444 e. The van der Waals surface area contributed by atoms with E-state index in [1.807, 2.05) is 82.6 Å². The molecule has 0 saturated carbocycles. The first-order chi connectivity index (χ1) is 18.9. The molecule has 40 heavy (non-hydrogen) atoms. The Kier molecular flexibility index (Phi) is 6.99. The third-order valence-electron chi connectivity index (χ3n) is 6.67. The highest BCUT2D eigenvalue weighted by Gasteiger charge is 2.26. The lowest BCUT2D eigenvalue weighted by Crippen LogP contribution is -2.39. The Morgan fingerprint density at radius 2 is 1.88 bits per heavy atom. The number of amides is 1. The van der Waals surface area contributed by atoms with Gasteiger partial charge in [-0.25, -0.2) is 24.1 Å². The van der Waals surface area contributed by atoms with Crippen molar-refractivity contribution >= 4 is 34.6 Å². The second-order valence-corrected chi connectivity index (χ2v) is 11.5. The summed E-state index contributed by atoms with van der Waals surface area (Å²) in [4.78, 5) is 43.2. The summed E-state index contributed by atoms with van der Waals surface area (Å²) < 4.78 is 9.06. The third-order valence-corrected chi connectivity index (χ3v) is 6.67. The summed E-state index contributed by atoms with van der Waals surface area (Å²) in [6, 6.07) is 9.71. The number of nitrogens with one attached hydrogen (secondary N) is 1. The predicted molar refractivity (Wildman–Crippen MR) is 156 cm³/mol. The summed E-state index contributed by atoms with van der Waals surface area (Å²) in [5, 5.41) is 3.74. The molecule has 1 amide bonds. The molecular weight excluding hydrogens is 508 g/mol. The molecule has 3 aromatic heterocycles. The van der Waals surface area contributed by atoms with Gasteiger partial charge in [0.05, 0.1) is 5.69 Å². The van der Waals surface area contributed by atoms with E-state index in [0.29, 0.717) is 30.1 Å². The molecule has 1 N–H and O–H groups in total. The van der Waals surface area contributed by atoms with Crippen LogP contribution in [-0.4, -0.2) is 61.5 Å².